The minimum Gasteiger partial charge on any atom is -0.310 e. The highest BCUT2D eigenvalue weighted by Crippen LogP contribution is 2.35. The molecule has 1 aromatic rings. The summed E-state index contributed by atoms with van der Waals surface area (Å²) in [5, 5.41) is 3.69. The van der Waals surface area contributed by atoms with Crippen LogP contribution in [0.5, 0.6) is 0 Å². The summed E-state index contributed by atoms with van der Waals surface area (Å²) in [6.07, 6.45) is 7.83. The first-order chi connectivity index (χ1) is 9.61. The van der Waals surface area contributed by atoms with Crippen LogP contribution in [0, 0.1) is 25.6 Å². The standard InChI is InChI=1S/C18H28FN/c1-4-9-20-17(12-15-7-5-6-8-15)18-13(2)10-16(19)11-14(18)3/h10-11,15,17,20H,4-9,12H2,1-3H3. The average Bonchev–Trinajstić information content (AvgIpc) is 2.87. The fourth-order valence-corrected chi connectivity index (χ4v) is 3.67. The van der Waals surface area contributed by atoms with E-state index in [0.29, 0.717) is 6.04 Å². The molecule has 112 valence electrons. The van der Waals surface area contributed by atoms with E-state index in [1.54, 1.807) is 12.1 Å². The largest absolute Gasteiger partial charge is 0.310 e. The Hall–Kier alpha value is -0.890. The van der Waals surface area contributed by atoms with Crippen molar-refractivity contribution in [2.24, 2.45) is 5.92 Å². The Balaban J connectivity index is 2.20. The summed E-state index contributed by atoms with van der Waals surface area (Å²) in [6, 6.07) is 3.74. The molecule has 0 aliphatic heterocycles. The molecule has 20 heavy (non-hydrogen) atoms. The highest BCUT2D eigenvalue weighted by atomic mass is 19.1. The zero-order chi connectivity index (χ0) is 14.5. The van der Waals surface area contributed by atoms with E-state index in [9.17, 15) is 4.39 Å². The lowest BCUT2D eigenvalue weighted by Crippen LogP contribution is -2.25. The lowest BCUT2D eigenvalue weighted by Gasteiger charge is -2.25. The Morgan fingerprint density at radius 2 is 1.80 bits per heavy atom. The van der Waals surface area contributed by atoms with Gasteiger partial charge in [-0.3, -0.25) is 0 Å². The third kappa shape index (κ3) is 3.82. The maximum Gasteiger partial charge on any atom is 0.123 e. The van der Waals surface area contributed by atoms with E-state index in [0.717, 1.165) is 30.0 Å². The van der Waals surface area contributed by atoms with Crippen molar-refractivity contribution >= 4 is 0 Å². The Kier molecular flexibility index (Phi) is 5.59. The van der Waals surface area contributed by atoms with Crippen LogP contribution in [0.4, 0.5) is 4.39 Å². The fourth-order valence-electron chi connectivity index (χ4n) is 3.67. The Labute approximate surface area is 123 Å². The molecule has 0 aromatic heterocycles. The maximum absolute atomic E-state index is 13.5. The molecule has 0 spiro atoms. The van der Waals surface area contributed by atoms with Gasteiger partial charge in [0.25, 0.3) is 0 Å². The average molecular weight is 277 g/mol. The van der Waals surface area contributed by atoms with Crippen LogP contribution in [-0.2, 0) is 0 Å². The van der Waals surface area contributed by atoms with Gasteiger partial charge in [0.05, 0.1) is 0 Å². The van der Waals surface area contributed by atoms with Crippen LogP contribution in [0.2, 0.25) is 0 Å². The number of hydrogen-bond acceptors (Lipinski definition) is 1. The van der Waals surface area contributed by atoms with Crippen molar-refractivity contribution in [3.8, 4) is 0 Å². The van der Waals surface area contributed by atoms with Crippen LogP contribution >= 0.6 is 0 Å². The summed E-state index contributed by atoms with van der Waals surface area (Å²) in [5.74, 6) is 0.729. The van der Waals surface area contributed by atoms with E-state index < -0.39 is 0 Å². The lowest BCUT2D eigenvalue weighted by molar-refractivity contribution is 0.393. The zero-order valence-electron chi connectivity index (χ0n) is 13.1. The van der Waals surface area contributed by atoms with Gasteiger partial charge in [-0.2, -0.15) is 0 Å². The second-order valence-electron chi connectivity index (χ2n) is 6.35. The predicted molar refractivity (Wildman–Crippen MR) is 83.5 cm³/mol. The molecule has 1 unspecified atom stereocenters. The van der Waals surface area contributed by atoms with Crippen molar-refractivity contribution in [1.82, 2.24) is 5.32 Å². The molecule has 1 atom stereocenters. The fraction of sp³-hybridized carbons (Fsp3) is 0.667. The van der Waals surface area contributed by atoms with Gasteiger partial charge in [-0.05, 0) is 68.0 Å². The van der Waals surface area contributed by atoms with Crippen molar-refractivity contribution < 1.29 is 4.39 Å². The van der Waals surface area contributed by atoms with Crippen LogP contribution in [0.15, 0.2) is 12.1 Å². The van der Waals surface area contributed by atoms with Gasteiger partial charge in [0.15, 0.2) is 0 Å². The Bertz CT molecular complexity index is 412. The molecular weight excluding hydrogens is 249 g/mol. The normalized spacial score (nSPS) is 17.6. The molecule has 1 aliphatic rings. The number of rotatable bonds is 6. The van der Waals surface area contributed by atoms with Gasteiger partial charge in [0.2, 0.25) is 0 Å². The lowest BCUT2D eigenvalue weighted by atomic mass is 9.88. The zero-order valence-corrected chi connectivity index (χ0v) is 13.1. The first-order valence-corrected chi connectivity index (χ1v) is 8.11. The van der Waals surface area contributed by atoms with Crippen molar-refractivity contribution in [3.63, 3.8) is 0 Å². The summed E-state index contributed by atoms with van der Waals surface area (Å²) < 4.78 is 13.5. The number of halogens is 1. The second kappa shape index (κ2) is 7.21. The quantitative estimate of drug-likeness (QED) is 0.766. The molecular formula is C18H28FN. The van der Waals surface area contributed by atoms with Crippen molar-refractivity contribution in [3.05, 3.63) is 34.6 Å². The number of benzene rings is 1. The monoisotopic (exact) mass is 277 g/mol. The van der Waals surface area contributed by atoms with Gasteiger partial charge >= 0.3 is 0 Å². The van der Waals surface area contributed by atoms with E-state index in [1.807, 2.05) is 13.8 Å². The SMILES string of the molecule is CCCNC(CC1CCCC1)c1c(C)cc(F)cc1C. The van der Waals surface area contributed by atoms with Gasteiger partial charge in [-0.1, -0.05) is 32.6 Å². The third-order valence-electron chi connectivity index (χ3n) is 4.59. The van der Waals surface area contributed by atoms with Gasteiger partial charge in [0, 0.05) is 6.04 Å². The molecule has 1 N–H and O–H groups in total. The summed E-state index contributed by atoms with van der Waals surface area (Å²) in [7, 11) is 0. The van der Waals surface area contributed by atoms with E-state index in [4.69, 9.17) is 0 Å². The van der Waals surface area contributed by atoms with Crippen molar-refractivity contribution in [1.29, 1.82) is 0 Å². The van der Waals surface area contributed by atoms with E-state index in [2.05, 4.69) is 12.2 Å². The predicted octanol–water partition coefficient (Wildman–Crippen LogP) is 5.06. The summed E-state index contributed by atoms with van der Waals surface area (Å²) in [5.41, 5.74) is 3.51. The van der Waals surface area contributed by atoms with Crippen molar-refractivity contribution in [2.45, 2.75) is 65.3 Å². The molecule has 0 saturated heterocycles. The number of nitrogens with one attached hydrogen (secondary N) is 1. The van der Waals surface area contributed by atoms with Gasteiger partial charge < -0.3 is 5.32 Å². The van der Waals surface area contributed by atoms with Crippen LogP contribution < -0.4 is 5.32 Å². The second-order valence-corrected chi connectivity index (χ2v) is 6.35. The topological polar surface area (TPSA) is 12.0 Å². The smallest absolute Gasteiger partial charge is 0.123 e. The molecule has 2 heteroatoms. The molecule has 0 bridgehead atoms. The summed E-state index contributed by atoms with van der Waals surface area (Å²) in [6.45, 7) is 7.32. The molecule has 2 rings (SSSR count). The third-order valence-corrected chi connectivity index (χ3v) is 4.59. The molecule has 1 nitrogen and oxygen atoms in total. The summed E-state index contributed by atoms with van der Waals surface area (Å²) in [4.78, 5) is 0. The highest BCUT2D eigenvalue weighted by molar-refractivity contribution is 5.37. The molecule has 1 fully saturated rings. The Morgan fingerprint density at radius 3 is 2.35 bits per heavy atom. The van der Waals surface area contributed by atoms with Crippen LogP contribution in [0.25, 0.3) is 0 Å². The first kappa shape index (κ1) is 15.5. The van der Waals surface area contributed by atoms with Crippen LogP contribution in [-0.4, -0.2) is 6.54 Å². The molecule has 1 aromatic carbocycles. The van der Waals surface area contributed by atoms with Crippen molar-refractivity contribution in [2.75, 3.05) is 6.54 Å². The highest BCUT2D eigenvalue weighted by Gasteiger charge is 2.23. The maximum atomic E-state index is 13.5. The number of aryl methyl sites for hydroxylation is 2. The summed E-state index contributed by atoms with van der Waals surface area (Å²) >= 11 is 0. The van der Waals surface area contributed by atoms with E-state index >= 15 is 0 Å². The minimum atomic E-state index is -0.112. The van der Waals surface area contributed by atoms with Gasteiger partial charge in [-0.15, -0.1) is 0 Å². The molecule has 1 saturated carbocycles. The van der Waals surface area contributed by atoms with E-state index in [1.165, 1.54) is 37.7 Å². The molecule has 0 amide bonds. The van der Waals surface area contributed by atoms with Gasteiger partial charge in [-0.25, -0.2) is 4.39 Å². The molecule has 1 aliphatic carbocycles. The molecule has 0 heterocycles. The Morgan fingerprint density at radius 1 is 1.20 bits per heavy atom. The minimum absolute atomic E-state index is 0.112. The van der Waals surface area contributed by atoms with Gasteiger partial charge in [0.1, 0.15) is 5.82 Å². The number of hydrogen-bond donors (Lipinski definition) is 1. The first-order valence-electron chi connectivity index (χ1n) is 8.11. The van der Waals surface area contributed by atoms with Crippen LogP contribution in [0.3, 0.4) is 0 Å². The van der Waals surface area contributed by atoms with Crippen LogP contribution in [0.1, 0.15) is 68.2 Å². The van der Waals surface area contributed by atoms with E-state index in [-0.39, 0.29) is 5.82 Å². The molecule has 0 radical (unpaired) electrons.